The van der Waals surface area contributed by atoms with Crippen molar-refractivity contribution in [1.82, 2.24) is 4.98 Å². The number of benzene rings is 1. The van der Waals surface area contributed by atoms with Crippen LogP contribution >= 0.6 is 0 Å². The fraction of sp³-hybridized carbons (Fsp3) is 0.0769. The molecule has 0 fully saturated rings. The van der Waals surface area contributed by atoms with E-state index in [9.17, 15) is 4.79 Å². The Kier molecular flexibility index (Phi) is 3.05. The van der Waals surface area contributed by atoms with Crippen molar-refractivity contribution >= 4 is 5.91 Å². The zero-order valence-electron chi connectivity index (χ0n) is 9.38. The number of carbonyl (C=O) groups excluding carboxylic acids is 1. The molecule has 0 atom stereocenters. The minimum absolute atomic E-state index is 0.223. The van der Waals surface area contributed by atoms with Gasteiger partial charge in [0, 0.05) is 0 Å². The number of aryl methyl sites for hydroxylation is 1. The molecule has 17 heavy (non-hydrogen) atoms. The Hall–Kier alpha value is -2.36. The number of ether oxygens (including phenoxy) is 1. The van der Waals surface area contributed by atoms with Crippen molar-refractivity contribution in [2.24, 2.45) is 5.73 Å². The highest BCUT2D eigenvalue weighted by Gasteiger charge is 2.02. The van der Waals surface area contributed by atoms with Crippen LogP contribution in [0, 0.1) is 6.92 Å². The second-order valence-corrected chi connectivity index (χ2v) is 3.66. The molecule has 0 spiro atoms. The number of hydrogen-bond acceptors (Lipinski definition) is 3. The maximum Gasteiger partial charge on any atom is 0.267 e. The molecule has 0 unspecified atom stereocenters. The fourth-order valence-corrected chi connectivity index (χ4v) is 1.33. The Balaban J connectivity index is 2.13. The van der Waals surface area contributed by atoms with Gasteiger partial charge in [0.05, 0.1) is 6.20 Å². The molecule has 1 heterocycles. The monoisotopic (exact) mass is 228 g/mol. The summed E-state index contributed by atoms with van der Waals surface area (Å²) in [6.45, 7) is 2.01. The van der Waals surface area contributed by atoms with Gasteiger partial charge in [-0.05, 0) is 31.2 Å². The van der Waals surface area contributed by atoms with Crippen molar-refractivity contribution < 1.29 is 9.53 Å². The van der Waals surface area contributed by atoms with Crippen LogP contribution in [-0.4, -0.2) is 10.9 Å². The third-order valence-electron chi connectivity index (χ3n) is 2.25. The maximum atomic E-state index is 10.8. The summed E-state index contributed by atoms with van der Waals surface area (Å²) in [5, 5.41) is 0. The molecule has 0 saturated carbocycles. The van der Waals surface area contributed by atoms with Gasteiger partial charge >= 0.3 is 0 Å². The molecule has 4 nitrogen and oxygen atoms in total. The first-order chi connectivity index (χ1) is 8.15. The Morgan fingerprint density at radius 3 is 2.29 bits per heavy atom. The summed E-state index contributed by atoms with van der Waals surface area (Å²) in [7, 11) is 0. The molecule has 0 saturated heterocycles. The predicted octanol–water partition coefficient (Wildman–Crippen LogP) is 2.28. The van der Waals surface area contributed by atoms with E-state index in [-0.39, 0.29) is 5.69 Å². The smallest absolute Gasteiger partial charge is 0.267 e. The summed E-state index contributed by atoms with van der Waals surface area (Å²) in [5.41, 5.74) is 6.48. The largest absolute Gasteiger partial charge is 0.456 e. The quantitative estimate of drug-likeness (QED) is 0.876. The van der Waals surface area contributed by atoms with E-state index in [4.69, 9.17) is 10.5 Å². The molecule has 2 aromatic rings. The minimum atomic E-state index is -0.549. The number of nitrogens with zero attached hydrogens (tertiary/aromatic N) is 1. The minimum Gasteiger partial charge on any atom is -0.456 e. The number of primary amides is 1. The number of pyridine rings is 1. The van der Waals surface area contributed by atoms with E-state index in [2.05, 4.69) is 4.98 Å². The van der Waals surface area contributed by atoms with Crippen LogP contribution in [0.15, 0.2) is 42.6 Å². The van der Waals surface area contributed by atoms with E-state index in [1.165, 1.54) is 17.8 Å². The van der Waals surface area contributed by atoms with Gasteiger partial charge in [0.2, 0.25) is 0 Å². The number of hydrogen-bond donors (Lipinski definition) is 1. The summed E-state index contributed by atoms with van der Waals surface area (Å²) in [6.07, 6.45) is 1.47. The van der Waals surface area contributed by atoms with E-state index < -0.39 is 5.91 Å². The lowest BCUT2D eigenvalue weighted by atomic mass is 10.2. The van der Waals surface area contributed by atoms with Gasteiger partial charge in [-0.2, -0.15) is 0 Å². The van der Waals surface area contributed by atoms with E-state index >= 15 is 0 Å². The van der Waals surface area contributed by atoms with Crippen LogP contribution in [-0.2, 0) is 0 Å². The Morgan fingerprint density at radius 2 is 1.76 bits per heavy atom. The van der Waals surface area contributed by atoms with Gasteiger partial charge in [-0.3, -0.25) is 4.79 Å². The van der Waals surface area contributed by atoms with Gasteiger partial charge < -0.3 is 10.5 Å². The van der Waals surface area contributed by atoms with Crippen LogP contribution < -0.4 is 10.5 Å². The van der Waals surface area contributed by atoms with Gasteiger partial charge in [0.25, 0.3) is 5.91 Å². The third kappa shape index (κ3) is 2.81. The normalized spacial score (nSPS) is 9.94. The van der Waals surface area contributed by atoms with Gasteiger partial charge in [0.15, 0.2) is 0 Å². The van der Waals surface area contributed by atoms with Crippen LogP contribution in [0.1, 0.15) is 16.1 Å². The molecular formula is C13H12N2O2. The first-order valence-corrected chi connectivity index (χ1v) is 5.15. The second kappa shape index (κ2) is 4.65. The molecular weight excluding hydrogens is 216 g/mol. The van der Waals surface area contributed by atoms with Gasteiger partial charge in [0.1, 0.15) is 17.2 Å². The SMILES string of the molecule is Cc1ccc(Oc2ccc(C(N)=O)nc2)cc1. The lowest BCUT2D eigenvalue weighted by molar-refractivity contribution is 0.0995. The van der Waals surface area contributed by atoms with E-state index in [1.807, 2.05) is 31.2 Å². The summed E-state index contributed by atoms with van der Waals surface area (Å²) < 4.78 is 5.55. The average molecular weight is 228 g/mol. The summed E-state index contributed by atoms with van der Waals surface area (Å²) in [6, 6.07) is 10.9. The van der Waals surface area contributed by atoms with Crippen LogP contribution in [0.5, 0.6) is 11.5 Å². The van der Waals surface area contributed by atoms with Gasteiger partial charge in [-0.15, -0.1) is 0 Å². The first kappa shape index (κ1) is 11.1. The van der Waals surface area contributed by atoms with Crippen LogP contribution in [0.4, 0.5) is 0 Å². The zero-order chi connectivity index (χ0) is 12.3. The van der Waals surface area contributed by atoms with Crippen molar-refractivity contribution in [3.05, 3.63) is 53.9 Å². The van der Waals surface area contributed by atoms with Crippen molar-refractivity contribution in [3.63, 3.8) is 0 Å². The summed E-state index contributed by atoms with van der Waals surface area (Å²) in [4.78, 5) is 14.7. The molecule has 2 N–H and O–H groups in total. The lowest BCUT2D eigenvalue weighted by Crippen LogP contribution is -2.12. The van der Waals surface area contributed by atoms with Crippen molar-refractivity contribution in [2.75, 3.05) is 0 Å². The number of rotatable bonds is 3. The molecule has 1 aromatic heterocycles. The van der Waals surface area contributed by atoms with Gasteiger partial charge in [-0.25, -0.2) is 4.98 Å². The maximum absolute atomic E-state index is 10.8. The van der Waals surface area contributed by atoms with Crippen molar-refractivity contribution in [3.8, 4) is 11.5 Å². The van der Waals surface area contributed by atoms with E-state index in [0.29, 0.717) is 5.75 Å². The molecule has 0 aliphatic heterocycles. The Bertz CT molecular complexity index is 518. The number of aromatic nitrogens is 1. The van der Waals surface area contributed by atoms with Gasteiger partial charge in [-0.1, -0.05) is 17.7 Å². The van der Waals surface area contributed by atoms with Crippen molar-refractivity contribution in [1.29, 1.82) is 0 Å². The Labute approximate surface area is 99.1 Å². The molecule has 0 aliphatic rings. The fourth-order valence-electron chi connectivity index (χ4n) is 1.33. The summed E-state index contributed by atoms with van der Waals surface area (Å²) in [5.74, 6) is 0.745. The van der Waals surface area contributed by atoms with E-state index in [1.54, 1.807) is 6.07 Å². The first-order valence-electron chi connectivity index (χ1n) is 5.15. The van der Waals surface area contributed by atoms with Crippen molar-refractivity contribution in [2.45, 2.75) is 6.92 Å². The summed E-state index contributed by atoms with van der Waals surface area (Å²) >= 11 is 0. The molecule has 0 bridgehead atoms. The number of nitrogens with two attached hydrogens (primary N) is 1. The third-order valence-corrected chi connectivity index (χ3v) is 2.25. The van der Waals surface area contributed by atoms with Crippen LogP contribution in [0.25, 0.3) is 0 Å². The topological polar surface area (TPSA) is 65.2 Å². The van der Waals surface area contributed by atoms with Crippen LogP contribution in [0.2, 0.25) is 0 Å². The molecule has 86 valence electrons. The standard InChI is InChI=1S/C13H12N2O2/c1-9-2-4-10(5-3-9)17-11-6-7-12(13(14)16)15-8-11/h2-8H,1H3,(H2,14,16). The Morgan fingerprint density at radius 1 is 1.12 bits per heavy atom. The number of amides is 1. The van der Waals surface area contributed by atoms with Crippen LogP contribution in [0.3, 0.4) is 0 Å². The predicted molar refractivity (Wildman–Crippen MR) is 64.0 cm³/mol. The zero-order valence-corrected chi connectivity index (χ0v) is 9.38. The molecule has 0 radical (unpaired) electrons. The highest BCUT2D eigenvalue weighted by Crippen LogP contribution is 2.20. The highest BCUT2D eigenvalue weighted by molar-refractivity contribution is 5.90. The molecule has 2 rings (SSSR count). The average Bonchev–Trinajstić information content (AvgIpc) is 2.33. The molecule has 1 amide bonds. The molecule has 4 heteroatoms. The lowest BCUT2D eigenvalue weighted by Gasteiger charge is -2.05. The molecule has 0 aliphatic carbocycles. The highest BCUT2D eigenvalue weighted by atomic mass is 16.5. The number of carbonyl (C=O) groups is 1. The second-order valence-electron chi connectivity index (χ2n) is 3.66. The molecule has 1 aromatic carbocycles. The van der Waals surface area contributed by atoms with E-state index in [0.717, 1.165) is 5.75 Å².